The molecule has 1 aliphatic carbocycles. The van der Waals surface area contributed by atoms with E-state index >= 15 is 0 Å². The average molecular weight is 292 g/mol. The number of carbonyl (C=O) groups excluding carboxylic acids is 1. The molecule has 0 spiro atoms. The van der Waals surface area contributed by atoms with Crippen LogP contribution in [0, 0.1) is 0 Å². The molecule has 112 valence electrons. The lowest BCUT2D eigenvalue weighted by atomic mass is 9.90. The minimum absolute atomic E-state index is 0.00586. The zero-order valence-electron chi connectivity index (χ0n) is 12.6. The summed E-state index contributed by atoms with van der Waals surface area (Å²) in [6.45, 7) is 1.76. The van der Waals surface area contributed by atoms with Crippen LogP contribution in [0.4, 0.5) is 5.69 Å². The Labute approximate surface area is 130 Å². The van der Waals surface area contributed by atoms with E-state index in [1.165, 1.54) is 35.1 Å². The van der Waals surface area contributed by atoms with Crippen molar-refractivity contribution >= 4 is 11.6 Å². The van der Waals surface area contributed by atoms with Crippen molar-refractivity contribution in [2.45, 2.75) is 38.8 Å². The van der Waals surface area contributed by atoms with E-state index in [2.05, 4.69) is 22.8 Å². The largest absolute Gasteiger partial charge is 0.322 e. The van der Waals surface area contributed by atoms with Gasteiger partial charge >= 0.3 is 0 Å². The monoisotopic (exact) mass is 292 g/mol. The van der Waals surface area contributed by atoms with E-state index in [-0.39, 0.29) is 5.91 Å². The van der Waals surface area contributed by atoms with Gasteiger partial charge in [-0.25, -0.2) is 0 Å². The number of fused-ring (bicyclic) bond motifs is 2. The van der Waals surface area contributed by atoms with Crippen LogP contribution in [0.5, 0.6) is 0 Å². The standard InChI is InChI=1S/C19H20N2O/c22-19(14-8-9-15-11-20-12-16(15)10-14)21-18-7-3-5-13-4-1-2-6-17(13)18/h3,5,7-10,20H,1-2,4,6,11-12H2,(H,21,22). The van der Waals surface area contributed by atoms with Crippen LogP contribution >= 0.6 is 0 Å². The van der Waals surface area contributed by atoms with Gasteiger partial charge in [-0.3, -0.25) is 4.79 Å². The molecule has 0 fully saturated rings. The summed E-state index contributed by atoms with van der Waals surface area (Å²) in [7, 11) is 0. The fraction of sp³-hybridized carbons (Fsp3) is 0.316. The van der Waals surface area contributed by atoms with Crippen LogP contribution in [0.25, 0.3) is 0 Å². The highest BCUT2D eigenvalue weighted by Crippen LogP contribution is 2.28. The van der Waals surface area contributed by atoms with Crippen molar-refractivity contribution in [1.29, 1.82) is 0 Å². The molecule has 0 atom stereocenters. The first-order valence-corrected chi connectivity index (χ1v) is 8.06. The molecule has 0 radical (unpaired) electrons. The van der Waals surface area contributed by atoms with Gasteiger partial charge in [0.2, 0.25) is 0 Å². The van der Waals surface area contributed by atoms with Gasteiger partial charge in [0, 0.05) is 24.3 Å². The third-order valence-electron chi connectivity index (χ3n) is 4.74. The number of hydrogen-bond acceptors (Lipinski definition) is 2. The Bertz CT molecular complexity index is 736. The number of rotatable bonds is 2. The number of anilines is 1. The maximum atomic E-state index is 12.6. The van der Waals surface area contributed by atoms with Gasteiger partial charge in [0.25, 0.3) is 5.91 Å². The summed E-state index contributed by atoms with van der Waals surface area (Å²) in [5.41, 5.74) is 6.99. The summed E-state index contributed by atoms with van der Waals surface area (Å²) in [5, 5.41) is 6.43. The van der Waals surface area contributed by atoms with E-state index in [1.807, 2.05) is 24.3 Å². The average Bonchev–Trinajstić information content (AvgIpc) is 3.02. The van der Waals surface area contributed by atoms with Gasteiger partial charge in [0.15, 0.2) is 0 Å². The van der Waals surface area contributed by atoms with Crippen molar-refractivity contribution in [2.24, 2.45) is 0 Å². The zero-order chi connectivity index (χ0) is 14.9. The molecule has 0 saturated carbocycles. The topological polar surface area (TPSA) is 41.1 Å². The summed E-state index contributed by atoms with van der Waals surface area (Å²) in [6.07, 6.45) is 4.66. The highest BCUT2D eigenvalue weighted by molar-refractivity contribution is 6.05. The van der Waals surface area contributed by atoms with E-state index in [1.54, 1.807) is 0 Å². The molecule has 3 nitrogen and oxygen atoms in total. The normalized spacial score (nSPS) is 16.0. The Balaban J connectivity index is 1.60. The first kappa shape index (κ1) is 13.5. The van der Waals surface area contributed by atoms with Gasteiger partial charge in [-0.15, -0.1) is 0 Å². The second-order valence-corrected chi connectivity index (χ2v) is 6.19. The molecule has 1 aliphatic heterocycles. The van der Waals surface area contributed by atoms with Crippen LogP contribution in [0.15, 0.2) is 36.4 Å². The quantitative estimate of drug-likeness (QED) is 0.890. The second kappa shape index (κ2) is 5.58. The molecule has 0 saturated heterocycles. The molecule has 1 amide bonds. The molecule has 22 heavy (non-hydrogen) atoms. The minimum atomic E-state index is -0.00586. The maximum Gasteiger partial charge on any atom is 0.255 e. The number of nitrogens with one attached hydrogen (secondary N) is 2. The van der Waals surface area contributed by atoms with Gasteiger partial charge in [-0.2, -0.15) is 0 Å². The lowest BCUT2D eigenvalue weighted by Gasteiger charge is -2.19. The van der Waals surface area contributed by atoms with Crippen molar-refractivity contribution in [3.63, 3.8) is 0 Å². The summed E-state index contributed by atoms with van der Waals surface area (Å²) in [6, 6.07) is 12.3. The Morgan fingerprint density at radius 2 is 1.82 bits per heavy atom. The first-order valence-electron chi connectivity index (χ1n) is 8.06. The Morgan fingerprint density at radius 1 is 0.955 bits per heavy atom. The lowest BCUT2D eigenvalue weighted by Crippen LogP contribution is -2.15. The smallest absolute Gasteiger partial charge is 0.255 e. The fourth-order valence-corrected chi connectivity index (χ4v) is 3.53. The molecule has 3 heteroatoms. The third kappa shape index (κ3) is 2.42. The Hall–Kier alpha value is -2.13. The summed E-state index contributed by atoms with van der Waals surface area (Å²) in [4.78, 5) is 12.6. The predicted octanol–water partition coefficient (Wildman–Crippen LogP) is 3.42. The van der Waals surface area contributed by atoms with E-state index in [4.69, 9.17) is 0 Å². The second-order valence-electron chi connectivity index (χ2n) is 6.19. The van der Waals surface area contributed by atoms with Crippen LogP contribution in [0.2, 0.25) is 0 Å². The fourth-order valence-electron chi connectivity index (χ4n) is 3.53. The van der Waals surface area contributed by atoms with Gasteiger partial charge in [-0.1, -0.05) is 18.2 Å². The molecule has 0 bridgehead atoms. The van der Waals surface area contributed by atoms with E-state index in [9.17, 15) is 4.79 Å². The molecule has 4 rings (SSSR count). The number of carbonyl (C=O) groups is 1. The lowest BCUT2D eigenvalue weighted by molar-refractivity contribution is 0.102. The molecular formula is C19H20N2O. The van der Waals surface area contributed by atoms with Crippen LogP contribution in [0.1, 0.15) is 45.5 Å². The number of aryl methyl sites for hydroxylation is 1. The van der Waals surface area contributed by atoms with E-state index < -0.39 is 0 Å². The van der Waals surface area contributed by atoms with E-state index in [0.29, 0.717) is 0 Å². The summed E-state index contributed by atoms with van der Waals surface area (Å²) in [5.74, 6) is -0.00586. The SMILES string of the molecule is O=C(Nc1cccc2c1CCCC2)c1ccc2c(c1)CNC2. The van der Waals surface area contributed by atoms with Gasteiger partial charge in [0.1, 0.15) is 0 Å². The highest BCUT2D eigenvalue weighted by Gasteiger charge is 2.17. The molecule has 2 aromatic carbocycles. The van der Waals surface area contributed by atoms with Crippen LogP contribution in [-0.2, 0) is 25.9 Å². The number of benzene rings is 2. The number of amides is 1. The molecule has 2 aromatic rings. The van der Waals surface area contributed by atoms with Crippen molar-refractivity contribution in [1.82, 2.24) is 5.32 Å². The molecule has 1 heterocycles. The van der Waals surface area contributed by atoms with Gasteiger partial charge < -0.3 is 10.6 Å². The van der Waals surface area contributed by atoms with Crippen molar-refractivity contribution in [3.8, 4) is 0 Å². The van der Waals surface area contributed by atoms with Gasteiger partial charge in [0.05, 0.1) is 0 Å². The third-order valence-corrected chi connectivity index (χ3v) is 4.74. The predicted molar refractivity (Wildman–Crippen MR) is 88.0 cm³/mol. The van der Waals surface area contributed by atoms with Crippen LogP contribution in [-0.4, -0.2) is 5.91 Å². The Morgan fingerprint density at radius 3 is 2.77 bits per heavy atom. The molecule has 2 N–H and O–H groups in total. The van der Waals surface area contributed by atoms with Crippen LogP contribution in [0.3, 0.4) is 0 Å². The van der Waals surface area contributed by atoms with Gasteiger partial charge in [-0.05, 0) is 66.1 Å². The summed E-state index contributed by atoms with van der Waals surface area (Å²) < 4.78 is 0. The first-order chi connectivity index (χ1) is 10.8. The minimum Gasteiger partial charge on any atom is -0.322 e. The molecule has 0 aromatic heterocycles. The molecule has 2 aliphatic rings. The van der Waals surface area contributed by atoms with Crippen molar-refractivity contribution in [2.75, 3.05) is 5.32 Å². The number of hydrogen-bond donors (Lipinski definition) is 2. The van der Waals surface area contributed by atoms with E-state index in [0.717, 1.165) is 37.2 Å². The zero-order valence-corrected chi connectivity index (χ0v) is 12.6. The summed E-state index contributed by atoms with van der Waals surface area (Å²) >= 11 is 0. The van der Waals surface area contributed by atoms with Crippen LogP contribution < -0.4 is 10.6 Å². The Kier molecular flexibility index (Phi) is 3.43. The molecule has 0 unspecified atom stereocenters. The highest BCUT2D eigenvalue weighted by atomic mass is 16.1. The molecular weight excluding hydrogens is 272 g/mol. The van der Waals surface area contributed by atoms with Crippen molar-refractivity contribution in [3.05, 3.63) is 64.2 Å². The van der Waals surface area contributed by atoms with Crippen molar-refractivity contribution < 1.29 is 4.79 Å². The maximum absolute atomic E-state index is 12.6.